The molecule has 0 aromatic heterocycles. The molecule has 0 heterocycles. The van der Waals surface area contributed by atoms with Crippen LogP contribution in [0.15, 0.2) is 35.9 Å². The molecular formula is C14H16O. The van der Waals surface area contributed by atoms with Crippen molar-refractivity contribution in [3.8, 4) is 0 Å². The molecule has 2 rings (SSSR count). The fourth-order valence-corrected chi connectivity index (χ4v) is 2.10. The van der Waals surface area contributed by atoms with Gasteiger partial charge in [-0.1, -0.05) is 37.3 Å². The van der Waals surface area contributed by atoms with Gasteiger partial charge in [0, 0.05) is 5.56 Å². The third kappa shape index (κ3) is 2.01. The van der Waals surface area contributed by atoms with Crippen molar-refractivity contribution in [1.82, 2.24) is 0 Å². The zero-order chi connectivity index (χ0) is 10.7. The average Bonchev–Trinajstić information content (AvgIpc) is 2.81. The number of carbonyl (C=O) groups excluding carboxylic acids is 1. The molecule has 0 spiro atoms. The highest BCUT2D eigenvalue weighted by Crippen LogP contribution is 2.23. The lowest BCUT2D eigenvalue weighted by Crippen LogP contribution is -2.05. The van der Waals surface area contributed by atoms with Crippen LogP contribution in [0.1, 0.15) is 42.1 Å². The van der Waals surface area contributed by atoms with Crippen molar-refractivity contribution in [3.05, 3.63) is 47.0 Å². The summed E-state index contributed by atoms with van der Waals surface area (Å²) in [6.45, 7) is 2.09. The quantitative estimate of drug-likeness (QED) is 0.682. The summed E-state index contributed by atoms with van der Waals surface area (Å²) in [5.74, 6) is 0.241. The normalized spacial score (nSPS) is 15.1. The van der Waals surface area contributed by atoms with E-state index in [1.807, 2.05) is 24.3 Å². The SMILES string of the molecule is CCc1ccccc1C(=O)C1=CCCC1. The first-order chi connectivity index (χ1) is 7.33. The fraction of sp³-hybridized carbons (Fsp3) is 0.357. The van der Waals surface area contributed by atoms with Crippen molar-refractivity contribution in [2.45, 2.75) is 32.6 Å². The third-order valence-electron chi connectivity index (χ3n) is 2.98. The Morgan fingerprint density at radius 1 is 1.33 bits per heavy atom. The van der Waals surface area contributed by atoms with Gasteiger partial charge in [0.05, 0.1) is 0 Å². The van der Waals surface area contributed by atoms with Gasteiger partial charge in [-0.2, -0.15) is 0 Å². The summed E-state index contributed by atoms with van der Waals surface area (Å²) in [6, 6.07) is 7.93. The summed E-state index contributed by atoms with van der Waals surface area (Å²) in [5, 5.41) is 0. The van der Waals surface area contributed by atoms with Gasteiger partial charge >= 0.3 is 0 Å². The Bertz CT molecular complexity index is 402. The first-order valence-corrected chi connectivity index (χ1v) is 5.64. The van der Waals surface area contributed by atoms with Crippen LogP contribution in [-0.4, -0.2) is 5.78 Å². The smallest absolute Gasteiger partial charge is 0.188 e. The summed E-state index contributed by atoms with van der Waals surface area (Å²) < 4.78 is 0. The maximum absolute atomic E-state index is 12.2. The Hall–Kier alpha value is -1.37. The Kier molecular flexibility index (Phi) is 3.00. The number of rotatable bonds is 3. The third-order valence-corrected chi connectivity index (χ3v) is 2.98. The van der Waals surface area contributed by atoms with E-state index in [4.69, 9.17) is 0 Å². The Labute approximate surface area is 90.8 Å². The summed E-state index contributed by atoms with van der Waals surface area (Å²) >= 11 is 0. The van der Waals surface area contributed by atoms with Gasteiger partial charge < -0.3 is 0 Å². The van der Waals surface area contributed by atoms with Crippen molar-refractivity contribution < 1.29 is 4.79 Å². The van der Waals surface area contributed by atoms with Crippen LogP contribution in [0.3, 0.4) is 0 Å². The van der Waals surface area contributed by atoms with Gasteiger partial charge in [0.1, 0.15) is 0 Å². The van der Waals surface area contributed by atoms with E-state index in [2.05, 4.69) is 13.0 Å². The first-order valence-electron chi connectivity index (χ1n) is 5.64. The molecule has 1 nitrogen and oxygen atoms in total. The van der Waals surface area contributed by atoms with E-state index < -0.39 is 0 Å². The zero-order valence-electron chi connectivity index (χ0n) is 9.12. The van der Waals surface area contributed by atoms with Gasteiger partial charge in [-0.05, 0) is 36.8 Å². The lowest BCUT2D eigenvalue weighted by atomic mass is 9.97. The molecular weight excluding hydrogens is 184 g/mol. The molecule has 1 aliphatic rings. The van der Waals surface area contributed by atoms with Crippen molar-refractivity contribution in [3.63, 3.8) is 0 Å². The van der Waals surface area contributed by atoms with Crippen LogP contribution in [0.4, 0.5) is 0 Å². The number of ketones is 1. The van der Waals surface area contributed by atoms with E-state index in [0.717, 1.165) is 42.4 Å². The van der Waals surface area contributed by atoms with E-state index in [1.165, 1.54) is 0 Å². The van der Waals surface area contributed by atoms with E-state index >= 15 is 0 Å². The number of benzene rings is 1. The Morgan fingerprint density at radius 2 is 2.13 bits per heavy atom. The molecule has 0 N–H and O–H groups in total. The molecule has 0 saturated carbocycles. The molecule has 0 atom stereocenters. The largest absolute Gasteiger partial charge is 0.289 e. The van der Waals surface area contributed by atoms with E-state index in [-0.39, 0.29) is 5.78 Å². The molecule has 0 radical (unpaired) electrons. The lowest BCUT2D eigenvalue weighted by Gasteiger charge is -2.06. The molecule has 78 valence electrons. The van der Waals surface area contributed by atoms with Crippen molar-refractivity contribution in [2.24, 2.45) is 0 Å². The number of allylic oxidation sites excluding steroid dienone is 2. The molecule has 1 aromatic carbocycles. The van der Waals surface area contributed by atoms with Gasteiger partial charge in [-0.15, -0.1) is 0 Å². The van der Waals surface area contributed by atoms with Gasteiger partial charge in [0.2, 0.25) is 0 Å². The van der Waals surface area contributed by atoms with Crippen LogP contribution in [0.25, 0.3) is 0 Å². The number of hydrogen-bond acceptors (Lipinski definition) is 1. The van der Waals surface area contributed by atoms with Crippen molar-refractivity contribution >= 4 is 5.78 Å². The second-order valence-electron chi connectivity index (χ2n) is 3.96. The van der Waals surface area contributed by atoms with Crippen LogP contribution in [-0.2, 0) is 6.42 Å². The van der Waals surface area contributed by atoms with Crippen LogP contribution < -0.4 is 0 Å². The molecule has 0 unspecified atom stereocenters. The minimum atomic E-state index is 0.241. The second-order valence-corrected chi connectivity index (χ2v) is 3.96. The highest BCUT2D eigenvalue weighted by atomic mass is 16.1. The van der Waals surface area contributed by atoms with Crippen LogP contribution in [0.5, 0.6) is 0 Å². The maximum atomic E-state index is 12.2. The van der Waals surface area contributed by atoms with E-state index in [9.17, 15) is 4.79 Å². The molecule has 0 bridgehead atoms. The predicted octanol–water partition coefficient (Wildman–Crippen LogP) is 3.54. The predicted molar refractivity (Wildman–Crippen MR) is 62.1 cm³/mol. The molecule has 1 aromatic rings. The van der Waals surface area contributed by atoms with Crippen LogP contribution >= 0.6 is 0 Å². The molecule has 15 heavy (non-hydrogen) atoms. The van der Waals surface area contributed by atoms with Crippen molar-refractivity contribution in [1.29, 1.82) is 0 Å². The maximum Gasteiger partial charge on any atom is 0.188 e. The highest BCUT2D eigenvalue weighted by molar-refractivity contribution is 6.09. The van der Waals surface area contributed by atoms with Gasteiger partial charge in [-0.25, -0.2) is 0 Å². The first kappa shape index (κ1) is 10.2. The Morgan fingerprint density at radius 3 is 2.80 bits per heavy atom. The van der Waals surface area contributed by atoms with E-state index in [1.54, 1.807) is 0 Å². The lowest BCUT2D eigenvalue weighted by molar-refractivity contribution is 0.103. The summed E-state index contributed by atoms with van der Waals surface area (Å²) in [4.78, 5) is 12.2. The molecule has 1 aliphatic carbocycles. The average molecular weight is 200 g/mol. The van der Waals surface area contributed by atoms with E-state index in [0.29, 0.717) is 0 Å². The minimum absolute atomic E-state index is 0.241. The molecule has 0 fully saturated rings. The fourth-order valence-electron chi connectivity index (χ4n) is 2.10. The van der Waals surface area contributed by atoms with Gasteiger partial charge in [0.15, 0.2) is 5.78 Å². The number of hydrogen-bond donors (Lipinski definition) is 0. The molecule has 0 amide bonds. The van der Waals surface area contributed by atoms with Gasteiger partial charge in [0.25, 0.3) is 0 Å². The summed E-state index contributed by atoms with van der Waals surface area (Å²) in [7, 11) is 0. The summed E-state index contributed by atoms with van der Waals surface area (Å²) in [6.07, 6.45) is 6.17. The van der Waals surface area contributed by atoms with Gasteiger partial charge in [-0.3, -0.25) is 4.79 Å². The summed E-state index contributed by atoms with van der Waals surface area (Å²) in [5.41, 5.74) is 3.07. The Balaban J connectivity index is 2.32. The number of carbonyl (C=O) groups is 1. The monoisotopic (exact) mass is 200 g/mol. The number of Topliss-reactive ketones (excluding diaryl/α,β-unsaturated/α-hetero) is 1. The van der Waals surface area contributed by atoms with Crippen LogP contribution in [0.2, 0.25) is 0 Å². The number of aryl methyl sites for hydroxylation is 1. The molecule has 0 aliphatic heterocycles. The topological polar surface area (TPSA) is 17.1 Å². The van der Waals surface area contributed by atoms with Crippen molar-refractivity contribution in [2.75, 3.05) is 0 Å². The van der Waals surface area contributed by atoms with Crippen LogP contribution in [0, 0.1) is 0 Å². The molecule has 1 heteroatoms. The minimum Gasteiger partial charge on any atom is -0.289 e. The highest BCUT2D eigenvalue weighted by Gasteiger charge is 2.16. The molecule has 0 saturated heterocycles. The second kappa shape index (κ2) is 4.43. The zero-order valence-corrected chi connectivity index (χ0v) is 9.12. The standard InChI is InChI=1S/C14H16O/c1-2-11-7-5-6-10-13(11)14(15)12-8-3-4-9-12/h5-8,10H,2-4,9H2,1H3.